The molecule has 1 unspecified atom stereocenters. The van der Waals surface area contributed by atoms with Crippen LogP contribution in [-0.4, -0.2) is 17.6 Å². The topological polar surface area (TPSA) is 49.3 Å². The summed E-state index contributed by atoms with van der Waals surface area (Å²) in [6, 6.07) is 9.65. The average Bonchev–Trinajstić information content (AvgIpc) is 2.95. The van der Waals surface area contributed by atoms with E-state index in [1.807, 2.05) is 49.6 Å². The van der Waals surface area contributed by atoms with Crippen LogP contribution in [0, 0.1) is 13.8 Å². The number of thiophene rings is 1. The van der Waals surface area contributed by atoms with Gasteiger partial charge in [-0.1, -0.05) is 23.8 Å². The average molecular weight is 289 g/mol. The highest BCUT2D eigenvalue weighted by atomic mass is 32.1. The van der Waals surface area contributed by atoms with Gasteiger partial charge in [0, 0.05) is 17.0 Å². The van der Waals surface area contributed by atoms with Gasteiger partial charge in [0.1, 0.15) is 0 Å². The molecule has 1 aromatic heterocycles. The Morgan fingerprint density at radius 2 is 2.15 bits per heavy atom. The van der Waals surface area contributed by atoms with Crippen molar-refractivity contribution in [2.75, 3.05) is 6.54 Å². The van der Waals surface area contributed by atoms with Crippen molar-refractivity contribution in [2.45, 2.75) is 26.4 Å². The molecular formula is C16H19NO2S. The Morgan fingerprint density at radius 3 is 2.85 bits per heavy atom. The number of aryl methyl sites for hydroxylation is 2. The first-order chi connectivity index (χ1) is 9.58. The van der Waals surface area contributed by atoms with Crippen molar-refractivity contribution in [1.29, 1.82) is 0 Å². The Bertz CT molecular complexity index is 578. The minimum absolute atomic E-state index is 0.0791. The number of amides is 1. The lowest BCUT2D eigenvalue weighted by molar-refractivity contribution is 0.0942. The largest absolute Gasteiger partial charge is 0.388 e. The van der Waals surface area contributed by atoms with E-state index in [0.29, 0.717) is 18.5 Å². The van der Waals surface area contributed by atoms with Crippen molar-refractivity contribution in [1.82, 2.24) is 5.32 Å². The zero-order valence-electron chi connectivity index (χ0n) is 11.7. The highest BCUT2D eigenvalue weighted by Gasteiger charge is 2.11. The van der Waals surface area contributed by atoms with E-state index in [1.54, 1.807) is 0 Å². The second kappa shape index (κ2) is 6.68. The molecule has 0 spiro atoms. The zero-order valence-corrected chi connectivity index (χ0v) is 12.5. The number of carbonyl (C=O) groups excluding carboxylic acids is 1. The molecule has 1 aromatic carbocycles. The maximum absolute atomic E-state index is 12.1. The smallest absolute Gasteiger partial charge is 0.251 e. The molecule has 0 fully saturated rings. The van der Waals surface area contributed by atoms with Gasteiger partial charge in [-0.2, -0.15) is 0 Å². The molecule has 4 heteroatoms. The van der Waals surface area contributed by atoms with Crippen molar-refractivity contribution in [3.63, 3.8) is 0 Å². The number of aliphatic hydroxyl groups is 1. The molecule has 3 nitrogen and oxygen atoms in total. The van der Waals surface area contributed by atoms with Crippen LogP contribution in [0.5, 0.6) is 0 Å². The van der Waals surface area contributed by atoms with Crippen LogP contribution < -0.4 is 5.32 Å². The summed E-state index contributed by atoms with van der Waals surface area (Å²) in [4.78, 5) is 13.0. The van der Waals surface area contributed by atoms with E-state index in [-0.39, 0.29) is 5.91 Å². The van der Waals surface area contributed by atoms with Crippen LogP contribution in [0.3, 0.4) is 0 Å². The molecule has 2 N–H and O–H groups in total. The molecule has 2 aromatic rings. The summed E-state index contributed by atoms with van der Waals surface area (Å²) in [5.74, 6) is -0.0791. The number of hydrogen-bond donors (Lipinski definition) is 2. The molecule has 0 saturated carbocycles. The third-order valence-corrected chi connectivity index (χ3v) is 4.19. The Hall–Kier alpha value is -1.65. The summed E-state index contributed by atoms with van der Waals surface area (Å²) in [5, 5.41) is 14.8. The minimum atomic E-state index is -0.506. The fraction of sp³-hybridized carbons (Fsp3) is 0.312. The highest BCUT2D eigenvalue weighted by molar-refractivity contribution is 7.10. The van der Waals surface area contributed by atoms with Crippen molar-refractivity contribution >= 4 is 17.2 Å². The molecule has 0 aliphatic heterocycles. The van der Waals surface area contributed by atoms with Gasteiger partial charge in [0.25, 0.3) is 5.91 Å². The van der Waals surface area contributed by atoms with E-state index < -0.39 is 6.10 Å². The molecule has 0 aliphatic carbocycles. The molecule has 0 aliphatic rings. The maximum Gasteiger partial charge on any atom is 0.251 e. The van der Waals surface area contributed by atoms with Crippen molar-refractivity contribution in [2.24, 2.45) is 0 Å². The molecule has 0 saturated heterocycles. The number of rotatable bonds is 5. The zero-order chi connectivity index (χ0) is 14.5. The molecule has 2 rings (SSSR count). The molecule has 0 radical (unpaired) electrons. The van der Waals surface area contributed by atoms with E-state index in [4.69, 9.17) is 0 Å². The van der Waals surface area contributed by atoms with Gasteiger partial charge in [-0.25, -0.2) is 0 Å². The molecule has 20 heavy (non-hydrogen) atoms. The third kappa shape index (κ3) is 3.68. The predicted octanol–water partition coefficient (Wildman–Crippen LogP) is 3.22. The van der Waals surface area contributed by atoms with Crippen molar-refractivity contribution < 1.29 is 9.90 Å². The quantitative estimate of drug-likeness (QED) is 0.888. The molecule has 0 bridgehead atoms. The summed E-state index contributed by atoms with van der Waals surface area (Å²) < 4.78 is 0. The van der Waals surface area contributed by atoms with E-state index >= 15 is 0 Å². The first-order valence-corrected chi connectivity index (χ1v) is 7.53. The Morgan fingerprint density at radius 1 is 1.35 bits per heavy atom. The monoisotopic (exact) mass is 289 g/mol. The first kappa shape index (κ1) is 14.8. The molecule has 1 heterocycles. The Balaban J connectivity index is 1.88. The van der Waals surface area contributed by atoms with E-state index in [1.165, 1.54) is 11.3 Å². The SMILES string of the molecule is Cc1ccc(C)c(C(=O)NCCC(O)c2cccs2)c1. The number of aliphatic hydroxyl groups excluding tert-OH is 1. The predicted molar refractivity (Wildman–Crippen MR) is 82.1 cm³/mol. The highest BCUT2D eigenvalue weighted by Crippen LogP contribution is 2.21. The van der Waals surface area contributed by atoms with Gasteiger partial charge in [-0.15, -0.1) is 11.3 Å². The van der Waals surface area contributed by atoms with Gasteiger partial charge >= 0.3 is 0 Å². The molecule has 1 atom stereocenters. The van der Waals surface area contributed by atoms with Gasteiger partial charge in [-0.3, -0.25) is 4.79 Å². The van der Waals surface area contributed by atoms with Crippen molar-refractivity contribution in [3.05, 3.63) is 57.3 Å². The summed E-state index contributed by atoms with van der Waals surface area (Å²) in [5.41, 5.74) is 2.74. The van der Waals surface area contributed by atoms with Crippen molar-refractivity contribution in [3.8, 4) is 0 Å². The Labute approximate surface area is 123 Å². The Kier molecular flexibility index (Phi) is 4.93. The minimum Gasteiger partial charge on any atom is -0.388 e. The van der Waals surface area contributed by atoms with E-state index in [9.17, 15) is 9.90 Å². The van der Waals surface area contributed by atoms with Crippen LogP contribution >= 0.6 is 11.3 Å². The van der Waals surface area contributed by atoms with Crippen LogP contribution in [0.4, 0.5) is 0 Å². The maximum atomic E-state index is 12.1. The lowest BCUT2D eigenvalue weighted by Crippen LogP contribution is -2.26. The summed E-state index contributed by atoms with van der Waals surface area (Å²) in [6.07, 6.45) is 0.0193. The third-order valence-electron chi connectivity index (χ3n) is 3.21. The second-order valence-corrected chi connectivity index (χ2v) is 5.87. The number of hydrogen-bond acceptors (Lipinski definition) is 3. The van der Waals surface area contributed by atoms with E-state index in [2.05, 4.69) is 5.32 Å². The number of carbonyl (C=O) groups is 1. The first-order valence-electron chi connectivity index (χ1n) is 6.65. The molecule has 1 amide bonds. The van der Waals surface area contributed by atoms with E-state index in [0.717, 1.165) is 16.0 Å². The van der Waals surface area contributed by atoms with Gasteiger partial charge in [0.15, 0.2) is 0 Å². The number of benzene rings is 1. The van der Waals surface area contributed by atoms with Crippen LogP contribution in [-0.2, 0) is 0 Å². The summed E-state index contributed by atoms with van der Waals surface area (Å²) in [7, 11) is 0. The van der Waals surface area contributed by atoms with Crippen LogP contribution in [0.2, 0.25) is 0 Å². The van der Waals surface area contributed by atoms with Gasteiger partial charge in [0.05, 0.1) is 6.10 Å². The standard InChI is InChI=1S/C16H19NO2S/c1-11-5-6-12(2)13(10-11)16(19)17-8-7-14(18)15-4-3-9-20-15/h3-6,9-10,14,18H,7-8H2,1-2H3,(H,17,19). The fourth-order valence-corrected chi connectivity index (χ4v) is 2.77. The fourth-order valence-electron chi connectivity index (χ4n) is 2.02. The second-order valence-electron chi connectivity index (χ2n) is 4.89. The van der Waals surface area contributed by atoms with Crippen LogP contribution in [0.1, 0.15) is 38.9 Å². The van der Waals surface area contributed by atoms with Crippen LogP contribution in [0.15, 0.2) is 35.7 Å². The molecule has 106 valence electrons. The summed E-state index contributed by atoms with van der Waals surface area (Å²) in [6.45, 7) is 4.36. The van der Waals surface area contributed by atoms with Gasteiger partial charge in [0.2, 0.25) is 0 Å². The lowest BCUT2D eigenvalue weighted by atomic mass is 10.1. The summed E-state index contributed by atoms with van der Waals surface area (Å²) >= 11 is 1.53. The van der Waals surface area contributed by atoms with Crippen LogP contribution in [0.25, 0.3) is 0 Å². The number of nitrogens with one attached hydrogen (secondary N) is 1. The normalized spacial score (nSPS) is 12.2. The lowest BCUT2D eigenvalue weighted by Gasteiger charge is -2.11. The van der Waals surface area contributed by atoms with Gasteiger partial charge in [-0.05, 0) is 43.3 Å². The van der Waals surface area contributed by atoms with Gasteiger partial charge < -0.3 is 10.4 Å². The molecular weight excluding hydrogens is 270 g/mol.